The number of carbonyl (C=O) groups is 1. The standard InChI is InChI=1S/C20H22O5/c1-14(23-12-15-6-4-3-5-7-15)17(11-20(21)22-2)16-8-9-18-19(10-16)25-13-24-18/h3-10,14,17H,11-13H2,1-2H3/t14-,17+/m1/s1. The number of esters is 1. The van der Waals surface area contributed by atoms with Gasteiger partial charge in [0.25, 0.3) is 0 Å². The van der Waals surface area contributed by atoms with Gasteiger partial charge in [0.1, 0.15) is 0 Å². The first-order valence-electron chi connectivity index (χ1n) is 8.29. The quantitative estimate of drug-likeness (QED) is 0.719. The minimum Gasteiger partial charge on any atom is -0.469 e. The number of ether oxygens (including phenoxy) is 4. The summed E-state index contributed by atoms with van der Waals surface area (Å²) in [7, 11) is 1.40. The molecule has 0 aromatic heterocycles. The van der Waals surface area contributed by atoms with Crippen molar-refractivity contribution in [2.75, 3.05) is 13.9 Å². The zero-order valence-electron chi connectivity index (χ0n) is 14.4. The third-order valence-electron chi connectivity index (χ3n) is 4.36. The van der Waals surface area contributed by atoms with Crippen LogP contribution in [0.3, 0.4) is 0 Å². The Balaban J connectivity index is 1.75. The molecule has 0 spiro atoms. The smallest absolute Gasteiger partial charge is 0.306 e. The minimum absolute atomic E-state index is 0.134. The van der Waals surface area contributed by atoms with Crippen LogP contribution in [-0.2, 0) is 20.9 Å². The molecule has 5 nitrogen and oxygen atoms in total. The van der Waals surface area contributed by atoms with Crippen molar-refractivity contribution in [1.29, 1.82) is 0 Å². The Bertz CT molecular complexity index is 713. The third-order valence-corrected chi connectivity index (χ3v) is 4.36. The number of rotatable bonds is 7. The van der Waals surface area contributed by atoms with Crippen molar-refractivity contribution in [2.45, 2.75) is 32.0 Å². The van der Waals surface area contributed by atoms with Gasteiger partial charge in [-0.15, -0.1) is 0 Å². The molecular weight excluding hydrogens is 320 g/mol. The van der Waals surface area contributed by atoms with E-state index in [0.717, 1.165) is 16.9 Å². The first-order valence-corrected chi connectivity index (χ1v) is 8.29. The summed E-state index contributed by atoms with van der Waals surface area (Å²) in [5.74, 6) is 1.02. The Kier molecular flexibility index (Phi) is 5.56. The van der Waals surface area contributed by atoms with E-state index < -0.39 is 0 Å². The van der Waals surface area contributed by atoms with Crippen molar-refractivity contribution >= 4 is 5.97 Å². The van der Waals surface area contributed by atoms with Crippen molar-refractivity contribution in [3.63, 3.8) is 0 Å². The van der Waals surface area contributed by atoms with Crippen molar-refractivity contribution < 1.29 is 23.7 Å². The topological polar surface area (TPSA) is 54.0 Å². The summed E-state index contributed by atoms with van der Waals surface area (Å²) in [5.41, 5.74) is 2.06. The van der Waals surface area contributed by atoms with E-state index in [1.807, 2.05) is 55.5 Å². The molecule has 0 amide bonds. The molecule has 2 aromatic carbocycles. The van der Waals surface area contributed by atoms with E-state index in [9.17, 15) is 4.79 Å². The van der Waals surface area contributed by atoms with Crippen molar-refractivity contribution in [2.24, 2.45) is 0 Å². The van der Waals surface area contributed by atoms with Crippen LogP contribution in [0.4, 0.5) is 0 Å². The lowest BCUT2D eigenvalue weighted by atomic mass is 9.90. The van der Waals surface area contributed by atoms with Crippen LogP contribution in [0.5, 0.6) is 11.5 Å². The molecule has 25 heavy (non-hydrogen) atoms. The van der Waals surface area contributed by atoms with Gasteiger partial charge >= 0.3 is 5.97 Å². The highest BCUT2D eigenvalue weighted by Gasteiger charge is 2.26. The Labute approximate surface area is 147 Å². The monoisotopic (exact) mass is 342 g/mol. The van der Waals surface area contributed by atoms with E-state index >= 15 is 0 Å². The van der Waals surface area contributed by atoms with E-state index in [1.54, 1.807) is 0 Å². The molecule has 1 heterocycles. The Morgan fingerprint density at radius 1 is 1.12 bits per heavy atom. The third kappa shape index (κ3) is 4.31. The zero-order valence-corrected chi connectivity index (χ0v) is 14.4. The molecule has 0 radical (unpaired) electrons. The van der Waals surface area contributed by atoms with Gasteiger partial charge in [0.2, 0.25) is 6.79 Å². The predicted octanol–water partition coefficient (Wildman–Crippen LogP) is 3.67. The van der Waals surface area contributed by atoms with Crippen molar-refractivity contribution in [1.82, 2.24) is 0 Å². The molecule has 132 valence electrons. The number of hydrogen-bond donors (Lipinski definition) is 0. The lowest BCUT2D eigenvalue weighted by Crippen LogP contribution is -2.22. The molecule has 0 aliphatic carbocycles. The van der Waals surface area contributed by atoms with Crippen LogP contribution in [0.2, 0.25) is 0 Å². The van der Waals surface area contributed by atoms with E-state index in [2.05, 4.69) is 0 Å². The van der Waals surface area contributed by atoms with Gasteiger partial charge in [-0.3, -0.25) is 4.79 Å². The average molecular weight is 342 g/mol. The second-order valence-electron chi connectivity index (χ2n) is 6.00. The highest BCUT2D eigenvalue weighted by molar-refractivity contribution is 5.70. The summed E-state index contributed by atoms with van der Waals surface area (Å²) < 4.78 is 21.7. The fourth-order valence-electron chi connectivity index (χ4n) is 2.88. The highest BCUT2D eigenvalue weighted by Crippen LogP contribution is 2.37. The Hall–Kier alpha value is -2.53. The fraction of sp³-hybridized carbons (Fsp3) is 0.350. The predicted molar refractivity (Wildman–Crippen MR) is 92.6 cm³/mol. The van der Waals surface area contributed by atoms with Crippen LogP contribution in [0.1, 0.15) is 30.4 Å². The van der Waals surface area contributed by atoms with Gasteiger partial charge < -0.3 is 18.9 Å². The number of fused-ring (bicyclic) bond motifs is 1. The number of carbonyl (C=O) groups excluding carboxylic acids is 1. The number of methoxy groups -OCH3 is 1. The Morgan fingerprint density at radius 2 is 1.88 bits per heavy atom. The highest BCUT2D eigenvalue weighted by atomic mass is 16.7. The van der Waals surface area contributed by atoms with Gasteiger partial charge in [-0.2, -0.15) is 0 Å². The molecule has 3 rings (SSSR count). The molecule has 0 saturated heterocycles. The fourth-order valence-corrected chi connectivity index (χ4v) is 2.88. The van der Waals surface area contributed by atoms with Crippen molar-refractivity contribution in [3.8, 4) is 11.5 Å². The zero-order chi connectivity index (χ0) is 17.6. The molecule has 1 aliphatic heterocycles. The maximum Gasteiger partial charge on any atom is 0.306 e. The molecule has 2 aromatic rings. The molecule has 5 heteroatoms. The second-order valence-corrected chi connectivity index (χ2v) is 6.00. The number of hydrogen-bond acceptors (Lipinski definition) is 5. The summed E-state index contributed by atoms with van der Waals surface area (Å²) >= 11 is 0. The Morgan fingerprint density at radius 3 is 2.64 bits per heavy atom. The van der Waals surface area contributed by atoms with E-state index in [4.69, 9.17) is 18.9 Å². The van der Waals surface area contributed by atoms with Crippen LogP contribution < -0.4 is 9.47 Å². The van der Waals surface area contributed by atoms with E-state index in [-0.39, 0.29) is 31.2 Å². The summed E-state index contributed by atoms with van der Waals surface area (Å²) in [5, 5.41) is 0. The molecule has 2 atom stereocenters. The molecule has 0 bridgehead atoms. The number of benzene rings is 2. The maximum atomic E-state index is 11.9. The van der Waals surface area contributed by atoms with Crippen LogP contribution >= 0.6 is 0 Å². The van der Waals surface area contributed by atoms with E-state index in [1.165, 1.54) is 7.11 Å². The lowest BCUT2D eigenvalue weighted by molar-refractivity contribution is -0.142. The SMILES string of the molecule is COC(=O)C[C@H](c1ccc2c(c1)OCO2)[C@@H](C)OCc1ccccc1. The average Bonchev–Trinajstić information content (AvgIpc) is 3.12. The second kappa shape index (κ2) is 8.03. The van der Waals surface area contributed by atoms with Crippen molar-refractivity contribution in [3.05, 3.63) is 59.7 Å². The summed E-state index contributed by atoms with van der Waals surface area (Å²) in [6.07, 6.45) is 0.0752. The largest absolute Gasteiger partial charge is 0.469 e. The molecule has 0 N–H and O–H groups in total. The van der Waals surface area contributed by atoms with Gasteiger partial charge in [-0.05, 0) is 30.2 Å². The lowest BCUT2D eigenvalue weighted by Gasteiger charge is -2.24. The minimum atomic E-state index is -0.266. The maximum absolute atomic E-state index is 11.9. The summed E-state index contributed by atoms with van der Waals surface area (Å²) in [4.78, 5) is 11.9. The molecule has 0 fully saturated rings. The molecule has 1 aliphatic rings. The molecular formula is C20H22O5. The van der Waals surface area contributed by atoms with Gasteiger partial charge in [0.05, 0.1) is 26.2 Å². The normalized spacial score (nSPS) is 14.8. The molecule has 0 unspecified atom stereocenters. The van der Waals surface area contributed by atoms with Gasteiger partial charge in [0, 0.05) is 5.92 Å². The van der Waals surface area contributed by atoms with E-state index in [0.29, 0.717) is 12.4 Å². The van der Waals surface area contributed by atoms with Crippen LogP contribution in [0, 0.1) is 0 Å². The first-order chi connectivity index (χ1) is 12.2. The van der Waals surface area contributed by atoms with Crippen LogP contribution in [0.15, 0.2) is 48.5 Å². The first kappa shape index (κ1) is 17.3. The van der Waals surface area contributed by atoms with Crippen LogP contribution in [0.25, 0.3) is 0 Å². The summed E-state index contributed by atoms with van der Waals surface area (Å²) in [6.45, 7) is 2.69. The van der Waals surface area contributed by atoms with Gasteiger partial charge in [-0.25, -0.2) is 0 Å². The summed E-state index contributed by atoms with van der Waals surface area (Å²) in [6, 6.07) is 15.7. The van der Waals surface area contributed by atoms with Gasteiger partial charge in [0.15, 0.2) is 11.5 Å². The van der Waals surface area contributed by atoms with Gasteiger partial charge in [-0.1, -0.05) is 36.4 Å². The molecule has 0 saturated carbocycles. The van der Waals surface area contributed by atoms with Crippen LogP contribution in [-0.4, -0.2) is 26.0 Å².